The van der Waals surface area contributed by atoms with Gasteiger partial charge in [-0.1, -0.05) is 30.3 Å². The van der Waals surface area contributed by atoms with Gasteiger partial charge in [-0.3, -0.25) is 9.78 Å². The predicted octanol–water partition coefficient (Wildman–Crippen LogP) is 4.65. The van der Waals surface area contributed by atoms with Gasteiger partial charge >= 0.3 is 0 Å². The van der Waals surface area contributed by atoms with Gasteiger partial charge in [0, 0.05) is 16.8 Å². The Morgan fingerprint density at radius 3 is 2.50 bits per heavy atom. The molecule has 3 heteroatoms. The lowest BCUT2D eigenvalue weighted by molar-refractivity contribution is -0.115. The van der Waals surface area contributed by atoms with Gasteiger partial charge in [-0.15, -0.1) is 0 Å². The third kappa shape index (κ3) is 3.02. The number of pyridine rings is 1. The number of carbonyl (C=O) groups is 1. The molecule has 1 N–H and O–H groups in total. The molecule has 2 aromatic carbocycles. The number of aryl methyl sites for hydroxylation is 3. The number of nitrogens with zero attached hydrogens (tertiary/aromatic N) is 1. The molecular formula is C21H22N2O. The van der Waals surface area contributed by atoms with Crippen LogP contribution in [0.4, 0.5) is 5.69 Å². The topological polar surface area (TPSA) is 42.0 Å². The van der Waals surface area contributed by atoms with E-state index in [4.69, 9.17) is 0 Å². The van der Waals surface area contributed by atoms with Crippen LogP contribution in [0, 0.1) is 27.7 Å². The molecular weight excluding hydrogens is 296 g/mol. The number of para-hydroxylation sites is 1. The van der Waals surface area contributed by atoms with Crippen molar-refractivity contribution in [2.45, 2.75) is 34.1 Å². The first-order chi connectivity index (χ1) is 11.5. The number of hydrogen-bond donors (Lipinski definition) is 1. The highest BCUT2D eigenvalue weighted by molar-refractivity contribution is 5.94. The van der Waals surface area contributed by atoms with Crippen molar-refractivity contribution in [3.8, 4) is 0 Å². The minimum absolute atomic E-state index is 0.00742. The molecule has 0 atom stereocenters. The van der Waals surface area contributed by atoms with Crippen LogP contribution < -0.4 is 5.32 Å². The number of carbonyl (C=O) groups excluding carboxylic acids is 1. The largest absolute Gasteiger partial charge is 0.326 e. The van der Waals surface area contributed by atoms with E-state index < -0.39 is 0 Å². The average Bonchev–Trinajstić information content (AvgIpc) is 2.56. The smallest absolute Gasteiger partial charge is 0.228 e. The first kappa shape index (κ1) is 16.2. The van der Waals surface area contributed by atoms with Gasteiger partial charge in [0.2, 0.25) is 5.91 Å². The van der Waals surface area contributed by atoms with Crippen molar-refractivity contribution in [2.75, 3.05) is 5.32 Å². The van der Waals surface area contributed by atoms with Crippen molar-refractivity contribution in [1.82, 2.24) is 4.98 Å². The summed E-state index contributed by atoms with van der Waals surface area (Å²) in [7, 11) is 0. The molecule has 0 saturated heterocycles. The quantitative estimate of drug-likeness (QED) is 0.764. The first-order valence-electron chi connectivity index (χ1n) is 8.18. The zero-order valence-corrected chi connectivity index (χ0v) is 14.6. The van der Waals surface area contributed by atoms with E-state index >= 15 is 0 Å². The van der Waals surface area contributed by atoms with Crippen molar-refractivity contribution in [2.24, 2.45) is 0 Å². The predicted molar refractivity (Wildman–Crippen MR) is 99.5 cm³/mol. The molecule has 1 heterocycles. The Labute approximate surface area is 142 Å². The zero-order valence-electron chi connectivity index (χ0n) is 14.6. The van der Waals surface area contributed by atoms with Crippen LogP contribution in [0.2, 0.25) is 0 Å². The zero-order chi connectivity index (χ0) is 17.3. The fourth-order valence-corrected chi connectivity index (χ4v) is 3.07. The highest BCUT2D eigenvalue weighted by atomic mass is 16.1. The van der Waals surface area contributed by atoms with Gasteiger partial charge in [0.25, 0.3) is 0 Å². The van der Waals surface area contributed by atoms with Crippen molar-refractivity contribution in [3.05, 3.63) is 70.4 Å². The molecule has 0 fully saturated rings. The molecule has 0 spiro atoms. The fraction of sp³-hybridized carbons (Fsp3) is 0.238. The molecule has 3 aromatic rings. The van der Waals surface area contributed by atoms with Crippen LogP contribution >= 0.6 is 0 Å². The summed E-state index contributed by atoms with van der Waals surface area (Å²) in [5.41, 5.74) is 7.20. The Balaban J connectivity index is 1.89. The van der Waals surface area contributed by atoms with Crippen LogP contribution in [-0.4, -0.2) is 10.9 Å². The van der Waals surface area contributed by atoms with Crippen LogP contribution in [0.15, 0.2) is 42.5 Å². The van der Waals surface area contributed by atoms with E-state index in [2.05, 4.69) is 23.3 Å². The van der Waals surface area contributed by atoms with Crippen molar-refractivity contribution in [1.29, 1.82) is 0 Å². The number of aromatic nitrogens is 1. The lowest BCUT2D eigenvalue weighted by Gasteiger charge is -2.14. The Morgan fingerprint density at radius 2 is 1.71 bits per heavy atom. The number of benzene rings is 2. The maximum absolute atomic E-state index is 12.5. The number of fused-ring (bicyclic) bond motifs is 1. The fourth-order valence-electron chi connectivity index (χ4n) is 3.07. The molecule has 0 bridgehead atoms. The third-order valence-electron chi connectivity index (χ3n) is 4.70. The van der Waals surface area contributed by atoms with Gasteiger partial charge in [-0.2, -0.15) is 0 Å². The second-order valence-corrected chi connectivity index (χ2v) is 6.29. The van der Waals surface area contributed by atoms with E-state index in [0.717, 1.165) is 39.0 Å². The van der Waals surface area contributed by atoms with Crippen molar-refractivity contribution >= 4 is 22.5 Å². The molecule has 1 amide bonds. The molecule has 0 aliphatic carbocycles. The third-order valence-corrected chi connectivity index (χ3v) is 4.70. The summed E-state index contributed by atoms with van der Waals surface area (Å²) in [4.78, 5) is 17.2. The van der Waals surface area contributed by atoms with Gasteiger partial charge in [0.05, 0.1) is 11.9 Å². The van der Waals surface area contributed by atoms with E-state index in [0.29, 0.717) is 6.42 Å². The Bertz CT molecular complexity index is 929. The number of nitrogens with one attached hydrogen (secondary N) is 1. The van der Waals surface area contributed by atoms with Crippen LogP contribution in [0.3, 0.4) is 0 Å². The molecule has 1 aromatic heterocycles. The van der Waals surface area contributed by atoms with Gasteiger partial charge in [-0.05, 0) is 62.1 Å². The van der Waals surface area contributed by atoms with Crippen LogP contribution in [0.5, 0.6) is 0 Å². The Kier molecular flexibility index (Phi) is 4.34. The van der Waals surface area contributed by atoms with Gasteiger partial charge < -0.3 is 5.32 Å². The summed E-state index contributed by atoms with van der Waals surface area (Å²) in [5.74, 6) is -0.00742. The summed E-state index contributed by atoms with van der Waals surface area (Å²) in [5, 5.41) is 4.14. The van der Waals surface area contributed by atoms with Crippen LogP contribution in [0.1, 0.15) is 27.9 Å². The summed E-state index contributed by atoms with van der Waals surface area (Å²) in [6.07, 6.45) is 0.336. The Morgan fingerprint density at radius 1 is 0.958 bits per heavy atom. The van der Waals surface area contributed by atoms with Crippen LogP contribution in [0.25, 0.3) is 10.9 Å². The molecule has 0 radical (unpaired) electrons. The van der Waals surface area contributed by atoms with E-state index in [-0.39, 0.29) is 5.91 Å². The van der Waals surface area contributed by atoms with Crippen molar-refractivity contribution < 1.29 is 4.79 Å². The normalized spacial score (nSPS) is 10.8. The average molecular weight is 318 g/mol. The maximum atomic E-state index is 12.5. The minimum Gasteiger partial charge on any atom is -0.326 e. The summed E-state index contributed by atoms with van der Waals surface area (Å²) in [6, 6.07) is 14.0. The summed E-state index contributed by atoms with van der Waals surface area (Å²) < 4.78 is 0. The Hall–Kier alpha value is -2.68. The molecule has 0 aliphatic rings. The molecule has 122 valence electrons. The first-order valence-corrected chi connectivity index (χ1v) is 8.18. The number of hydrogen-bond acceptors (Lipinski definition) is 2. The second-order valence-electron chi connectivity index (χ2n) is 6.29. The molecule has 3 nitrogen and oxygen atoms in total. The van der Waals surface area contributed by atoms with Gasteiger partial charge in [0.15, 0.2) is 0 Å². The monoisotopic (exact) mass is 318 g/mol. The number of amides is 1. The van der Waals surface area contributed by atoms with E-state index in [1.165, 1.54) is 5.56 Å². The van der Waals surface area contributed by atoms with Crippen LogP contribution in [-0.2, 0) is 11.2 Å². The SMILES string of the molecule is Cc1cccc(NC(=O)Cc2c(C)nc3ccccc3c2C)c1C. The second kappa shape index (κ2) is 6.44. The van der Waals surface area contributed by atoms with E-state index in [1.807, 2.05) is 57.2 Å². The van der Waals surface area contributed by atoms with Crippen molar-refractivity contribution in [3.63, 3.8) is 0 Å². The molecule has 0 unspecified atom stereocenters. The standard InChI is InChI=1S/C21H22N2O/c1-13-8-7-11-19(14(13)2)23-21(24)12-18-15(3)17-9-5-6-10-20(17)22-16(18)4/h5-11H,12H2,1-4H3,(H,23,24). The molecule has 0 aliphatic heterocycles. The summed E-state index contributed by atoms with van der Waals surface area (Å²) >= 11 is 0. The lowest BCUT2D eigenvalue weighted by Crippen LogP contribution is -2.17. The van der Waals surface area contributed by atoms with Gasteiger partial charge in [0.1, 0.15) is 0 Å². The highest BCUT2D eigenvalue weighted by Gasteiger charge is 2.14. The highest BCUT2D eigenvalue weighted by Crippen LogP contribution is 2.24. The summed E-state index contributed by atoms with van der Waals surface area (Å²) in [6.45, 7) is 8.11. The van der Waals surface area contributed by atoms with E-state index in [1.54, 1.807) is 0 Å². The van der Waals surface area contributed by atoms with Gasteiger partial charge in [-0.25, -0.2) is 0 Å². The number of anilines is 1. The maximum Gasteiger partial charge on any atom is 0.228 e. The minimum atomic E-state index is -0.00742. The number of rotatable bonds is 3. The molecule has 24 heavy (non-hydrogen) atoms. The molecule has 0 saturated carbocycles. The molecule has 3 rings (SSSR count). The lowest BCUT2D eigenvalue weighted by atomic mass is 9.99. The van der Waals surface area contributed by atoms with E-state index in [9.17, 15) is 4.79 Å².